The lowest BCUT2D eigenvalue weighted by atomic mass is 10.0. The van der Waals surface area contributed by atoms with Crippen molar-refractivity contribution in [3.8, 4) is 0 Å². The van der Waals surface area contributed by atoms with Crippen LogP contribution < -0.4 is 5.32 Å². The summed E-state index contributed by atoms with van der Waals surface area (Å²) in [5.41, 5.74) is 2.23. The first-order valence-corrected chi connectivity index (χ1v) is 10.9. The van der Waals surface area contributed by atoms with E-state index in [1.807, 2.05) is 26.0 Å². The standard InChI is InChI=1S/C21H26N2O3S/c1-3-19-6-4-5-15-23(19)27(25,26)20-13-11-18(12-14-20)22-21(24)17-9-7-16(2)8-10-17/h7-14,19H,3-6,15H2,1-2H3,(H,22,24). The van der Waals surface area contributed by atoms with E-state index in [9.17, 15) is 13.2 Å². The molecule has 1 aliphatic heterocycles. The number of benzene rings is 2. The summed E-state index contributed by atoms with van der Waals surface area (Å²) < 4.78 is 27.6. The van der Waals surface area contributed by atoms with Crippen molar-refractivity contribution in [1.82, 2.24) is 4.31 Å². The summed E-state index contributed by atoms with van der Waals surface area (Å²) in [4.78, 5) is 12.6. The molecular weight excluding hydrogens is 360 g/mol. The largest absolute Gasteiger partial charge is 0.322 e. The average molecular weight is 387 g/mol. The van der Waals surface area contributed by atoms with Crippen LogP contribution in [0.15, 0.2) is 53.4 Å². The van der Waals surface area contributed by atoms with Crippen LogP contribution in [0.2, 0.25) is 0 Å². The second kappa shape index (κ2) is 8.23. The summed E-state index contributed by atoms with van der Waals surface area (Å²) in [6.45, 7) is 4.57. The molecule has 1 atom stereocenters. The Balaban J connectivity index is 1.74. The molecule has 0 aromatic heterocycles. The number of anilines is 1. The van der Waals surface area contributed by atoms with Gasteiger partial charge in [0.2, 0.25) is 10.0 Å². The molecule has 0 spiro atoms. The first-order valence-electron chi connectivity index (χ1n) is 9.41. The minimum atomic E-state index is -3.50. The predicted octanol–water partition coefficient (Wildman–Crippen LogP) is 4.20. The molecule has 1 amide bonds. The lowest BCUT2D eigenvalue weighted by Gasteiger charge is -2.34. The Kier molecular flexibility index (Phi) is 5.97. The van der Waals surface area contributed by atoms with Gasteiger partial charge in [0.25, 0.3) is 5.91 Å². The van der Waals surface area contributed by atoms with Gasteiger partial charge in [-0.25, -0.2) is 8.42 Å². The topological polar surface area (TPSA) is 66.5 Å². The molecule has 27 heavy (non-hydrogen) atoms. The van der Waals surface area contributed by atoms with Gasteiger partial charge in [-0.2, -0.15) is 4.31 Å². The van der Waals surface area contributed by atoms with Gasteiger partial charge in [0.15, 0.2) is 0 Å². The molecule has 144 valence electrons. The van der Waals surface area contributed by atoms with Crippen LogP contribution in [0.3, 0.4) is 0 Å². The number of nitrogens with zero attached hydrogens (tertiary/aromatic N) is 1. The fourth-order valence-electron chi connectivity index (χ4n) is 3.45. The van der Waals surface area contributed by atoms with Gasteiger partial charge in [-0.1, -0.05) is 31.0 Å². The zero-order chi connectivity index (χ0) is 19.4. The van der Waals surface area contributed by atoms with Gasteiger partial charge in [-0.15, -0.1) is 0 Å². The van der Waals surface area contributed by atoms with Crippen molar-refractivity contribution in [1.29, 1.82) is 0 Å². The molecule has 5 nitrogen and oxygen atoms in total. The number of rotatable bonds is 5. The lowest BCUT2D eigenvalue weighted by molar-refractivity contribution is 0.102. The SMILES string of the molecule is CCC1CCCCN1S(=O)(=O)c1ccc(NC(=O)c2ccc(C)cc2)cc1. The first-order chi connectivity index (χ1) is 12.9. The van der Waals surface area contributed by atoms with Gasteiger partial charge in [-0.05, 0) is 62.6 Å². The predicted molar refractivity (Wildman–Crippen MR) is 107 cm³/mol. The molecule has 2 aromatic rings. The van der Waals surface area contributed by atoms with E-state index >= 15 is 0 Å². The van der Waals surface area contributed by atoms with Crippen molar-refractivity contribution in [3.05, 3.63) is 59.7 Å². The maximum atomic E-state index is 13.0. The van der Waals surface area contributed by atoms with Crippen molar-refractivity contribution < 1.29 is 13.2 Å². The van der Waals surface area contributed by atoms with Crippen LogP contribution in [-0.4, -0.2) is 31.2 Å². The Bertz CT molecular complexity index is 890. The molecule has 0 saturated carbocycles. The number of aryl methyl sites for hydroxylation is 1. The third-order valence-corrected chi connectivity index (χ3v) is 7.04. The van der Waals surface area contributed by atoms with Crippen molar-refractivity contribution in [2.45, 2.75) is 50.5 Å². The molecule has 6 heteroatoms. The van der Waals surface area contributed by atoms with Crippen LogP contribution in [0, 0.1) is 6.92 Å². The van der Waals surface area contributed by atoms with Gasteiger partial charge in [0.05, 0.1) is 4.90 Å². The Morgan fingerprint density at radius 3 is 2.37 bits per heavy atom. The number of carbonyl (C=O) groups is 1. The van der Waals surface area contributed by atoms with E-state index in [4.69, 9.17) is 0 Å². The highest BCUT2D eigenvalue weighted by atomic mass is 32.2. The molecule has 3 rings (SSSR count). The fourth-order valence-corrected chi connectivity index (χ4v) is 5.22. The monoisotopic (exact) mass is 386 g/mol. The minimum absolute atomic E-state index is 0.0738. The number of hydrogen-bond acceptors (Lipinski definition) is 3. The Morgan fingerprint density at radius 1 is 1.07 bits per heavy atom. The number of amides is 1. The van der Waals surface area contributed by atoms with Gasteiger partial charge >= 0.3 is 0 Å². The molecule has 1 saturated heterocycles. The lowest BCUT2D eigenvalue weighted by Crippen LogP contribution is -2.43. The van der Waals surface area contributed by atoms with Crippen molar-refractivity contribution >= 4 is 21.6 Å². The van der Waals surface area contributed by atoms with E-state index in [2.05, 4.69) is 5.32 Å². The van der Waals surface area contributed by atoms with Gasteiger partial charge in [0.1, 0.15) is 0 Å². The summed E-state index contributed by atoms with van der Waals surface area (Å²) in [5.74, 6) is -0.215. The van der Waals surface area contributed by atoms with Gasteiger partial charge in [0, 0.05) is 23.8 Å². The van der Waals surface area contributed by atoms with E-state index in [0.717, 1.165) is 31.2 Å². The second-order valence-electron chi connectivity index (χ2n) is 7.02. The summed E-state index contributed by atoms with van der Waals surface area (Å²) in [7, 11) is -3.50. The molecule has 0 radical (unpaired) electrons. The smallest absolute Gasteiger partial charge is 0.255 e. The van der Waals surface area contributed by atoms with Gasteiger partial charge < -0.3 is 5.32 Å². The third-order valence-electron chi connectivity index (χ3n) is 5.08. The molecule has 2 aromatic carbocycles. The summed E-state index contributed by atoms with van der Waals surface area (Å²) in [6, 6.07) is 13.8. The molecule has 0 bridgehead atoms. The third kappa shape index (κ3) is 4.39. The van der Waals surface area contributed by atoms with Crippen LogP contribution >= 0.6 is 0 Å². The van der Waals surface area contributed by atoms with Crippen molar-refractivity contribution in [2.75, 3.05) is 11.9 Å². The first kappa shape index (κ1) is 19.6. The normalized spacial score (nSPS) is 18.2. The Hall–Kier alpha value is -2.18. The quantitative estimate of drug-likeness (QED) is 0.837. The van der Waals surface area contributed by atoms with Crippen LogP contribution in [0.5, 0.6) is 0 Å². The molecule has 1 unspecified atom stereocenters. The molecule has 0 aliphatic carbocycles. The summed E-state index contributed by atoms with van der Waals surface area (Å²) in [6.07, 6.45) is 3.72. The average Bonchev–Trinajstić information content (AvgIpc) is 2.69. The van der Waals surface area contributed by atoms with Crippen molar-refractivity contribution in [3.63, 3.8) is 0 Å². The number of hydrogen-bond donors (Lipinski definition) is 1. The number of sulfonamides is 1. The molecule has 1 fully saturated rings. The number of carbonyl (C=O) groups excluding carboxylic acids is 1. The van der Waals surface area contributed by atoms with Crippen molar-refractivity contribution in [2.24, 2.45) is 0 Å². The summed E-state index contributed by atoms with van der Waals surface area (Å²) in [5, 5.41) is 2.81. The Morgan fingerprint density at radius 2 is 1.74 bits per heavy atom. The number of nitrogens with one attached hydrogen (secondary N) is 1. The molecule has 1 N–H and O–H groups in total. The molecule has 1 aliphatic rings. The van der Waals surface area contributed by atoms with E-state index < -0.39 is 10.0 Å². The van der Waals surface area contributed by atoms with E-state index in [1.54, 1.807) is 40.7 Å². The fraction of sp³-hybridized carbons (Fsp3) is 0.381. The molecule has 1 heterocycles. The highest BCUT2D eigenvalue weighted by Crippen LogP contribution is 2.27. The van der Waals surface area contributed by atoms with E-state index in [-0.39, 0.29) is 16.8 Å². The number of piperidine rings is 1. The van der Waals surface area contributed by atoms with Gasteiger partial charge in [-0.3, -0.25) is 4.79 Å². The zero-order valence-corrected chi connectivity index (χ0v) is 16.6. The molecular formula is C21H26N2O3S. The van der Waals surface area contributed by atoms with Crippen LogP contribution in [-0.2, 0) is 10.0 Å². The van der Waals surface area contributed by atoms with Crippen LogP contribution in [0.1, 0.15) is 48.5 Å². The minimum Gasteiger partial charge on any atom is -0.322 e. The Labute approximate surface area is 161 Å². The van der Waals surface area contributed by atoms with Crippen LogP contribution in [0.4, 0.5) is 5.69 Å². The summed E-state index contributed by atoms with van der Waals surface area (Å²) >= 11 is 0. The highest BCUT2D eigenvalue weighted by Gasteiger charge is 2.32. The van der Waals surface area contributed by atoms with E-state index in [0.29, 0.717) is 17.8 Å². The van der Waals surface area contributed by atoms with E-state index in [1.165, 1.54) is 0 Å². The zero-order valence-electron chi connectivity index (χ0n) is 15.8. The highest BCUT2D eigenvalue weighted by molar-refractivity contribution is 7.89. The maximum absolute atomic E-state index is 13.0. The maximum Gasteiger partial charge on any atom is 0.255 e. The van der Waals surface area contributed by atoms with Crippen LogP contribution in [0.25, 0.3) is 0 Å². The second-order valence-corrected chi connectivity index (χ2v) is 8.91.